The standard InChI is InChI=1S/C18H30N2O3/c1-13-7-6-8-14(2)16(13)23-10-9-19-17(22)20-12-18(4,5)11-15(3)21/h6-8,15,21H,9-12H2,1-5H3,(H2,19,20,22). The molecule has 1 atom stereocenters. The number of aryl methyl sites for hydroxylation is 2. The molecule has 3 N–H and O–H groups in total. The van der Waals surface area contributed by atoms with Gasteiger partial charge in [-0.3, -0.25) is 0 Å². The largest absolute Gasteiger partial charge is 0.491 e. The molecule has 0 saturated carbocycles. The lowest BCUT2D eigenvalue weighted by atomic mass is 9.87. The first-order chi connectivity index (χ1) is 10.7. The highest BCUT2D eigenvalue weighted by Crippen LogP contribution is 2.22. The van der Waals surface area contributed by atoms with E-state index in [1.54, 1.807) is 6.92 Å². The molecule has 1 aromatic carbocycles. The zero-order chi connectivity index (χ0) is 17.5. The second-order valence-electron chi connectivity index (χ2n) is 6.90. The molecule has 1 aromatic rings. The molecule has 130 valence electrons. The van der Waals surface area contributed by atoms with Crippen molar-refractivity contribution in [2.45, 2.75) is 47.1 Å². The molecular weight excluding hydrogens is 292 g/mol. The number of carbonyl (C=O) groups excluding carboxylic acids is 1. The molecule has 1 unspecified atom stereocenters. The normalized spacial score (nSPS) is 12.6. The fourth-order valence-electron chi connectivity index (χ4n) is 2.60. The number of amides is 2. The number of para-hydroxylation sites is 1. The van der Waals surface area contributed by atoms with Crippen LogP contribution in [0, 0.1) is 19.3 Å². The van der Waals surface area contributed by atoms with Crippen LogP contribution in [0.4, 0.5) is 4.79 Å². The molecule has 0 heterocycles. The number of benzene rings is 1. The van der Waals surface area contributed by atoms with Crippen LogP contribution < -0.4 is 15.4 Å². The Morgan fingerprint density at radius 2 is 1.87 bits per heavy atom. The summed E-state index contributed by atoms with van der Waals surface area (Å²) in [4.78, 5) is 11.8. The molecule has 0 aromatic heterocycles. The number of aliphatic hydroxyl groups excluding tert-OH is 1. The molecule has 0 radical (unpaired) electrons. The Labute approximate surface area is 139 Å². The Kier molecular flexibility index (Phi) is 7.36. The fraction of sp³-hybridized carbons (Fsp3) is 0.611. The van der Waals surface area contributed by atoms with Crippen LogP contribution in [0.2, 0.25) is 0 Å². The second-order valence-corrected chi connectivity index (χ2v) is 6.90. The van der Waals surface area contributed by atoms with Crippen LogP contribution in [0.5, 0.6) is 5.75 Å². The molecule has 0 aliphatic heterocycles. The first kappa shape index (κ1) is 19.3. The summed E-state index contributed by atoms with van der Waals surface area (Å²) < 4.78 is 5.74. The van der Waals surface area contributed by atoms with Crippen molar-refractivity contribution >= 4 is 6.03 Å². The van der Waals surface area contributed by atoms with Crippen LogP contribution in [0.15, 0.2) is 18.2 Å². The fourth-order valence-corrected chi connectivity index (χ4v) is 2.60. The van der Waals surface area contributed by atoms with Gasteiger partial charge in [0.05, 0.1) is 12.6 Å². The summed E-state index contributed by atoms with van der Waals surface area (Å²) in [5.74, 6) is 0.882. The highest BCUT2D eigenvalue weighted by Gasteiger charge is 2.20. The van der Waals surface area contributed by atoms with Crippen molar-refractivity contribution in [3.8, 4) is 5.75 Å². The Balaban J connectivity index is 2.27. The van der Waals surface area contributed by atoms with Gasteiger partial charge in [-0.1, -0.05) is 32.0 Å². The minimum absolute atomic E-state index is 0.139. The van der Waals surface area contributed by atoms with E-state index in [2.05, 4.69) is 10.6 Å². The van der Waals surface area contributed by atoms with E-state index in [4.69, 9.17) is 4.74 Å². The topological polar surface area (TPSA) is 70.6 Å². The molecular formula is C18H30N2O3. The van der Waals surface area contributed by atoms with Gasteiger partial charge in [0.25, 0.3) is 0 Å². The van der Waals surface area contributed by atoms with Crippen molar-refractivity contribution in [1.82, 2.24) is 10.6 Å². The Morgan fingerprint density at radius 3 is 2.43 bits per heavy atom. The number of carbonyl (C=O) groups is 1. The van der Waals surface area contributed by atoms with Crippen molar-refractivity contribution in [3.05, 3.63) is 29.3 Å². The third-order valence-corrected chi connectivity index (χ3v) is 3.62. The Hall–Kier alpha value is -1.75. The average molecular weight is 322 g/mol. The summed E-state index contributed by atoms with van der Waals surface area (Å²) >= 11 is 0. The van der Waals surface area contributed by atoms with Gasteiger partial charge in [0.15, 0.2) is 0 Å². The SMILES string of the molecule is Cc1cccc(C)c1OCCNC(=O)NCC(C)(C)CC(C)O. The minimum Gasteiger partial charge on any atom is -0.491 e. The number of urea groups is 1. The molecule has 23 heavy (non-hydrogen) atoms. The van der Waals surface area contributed by atoms with Crippen LogP contribution in [-0.2, 0) is 0 Å². The van der Waals surface area contributed by atoms with Crippen LogP contribution in [0.3, 0.4) is 0 Å². The van der Waals surface area contributed by atoms with Gasteiger partial charge in [0.2, 0.25) is 0 Å². The Morgan fingerprint density at radius 1 is 1.26 bits per heavy atom. The minimum atomic E-state index is -0.374. The summed E-state index contributed by atoms with van der Waals surface area (Å²) in [5, 5.41) is 15.0. The van der Waals surface area contributed by atoms with Crippen molar-refractivity contribution in [1.29, 1.82) is 0 Å². The highest BCUT2D eigenvalue weighted by molar-refractivity contribution is 5.73. The molecule has 1 rings (SSSR count). The lowest BCUT2D eigenvalue weighted by Gasteiger charge is -2.26. The monoisotopic (exact) mass is 322 g/mol. The van der Waals surface area contributed by atoms with E-state index in [0.29, 0.717) is 26.1 Å². The zero-order valence-corrected chi connectivity index (χ0v) is 14.9. The van der Waals surface area contributed by atoms with Gasteiger partial charge in [-0.05, 0) is 43.7 Å². The van der Waals surface area contributed by atoms with E-state index in [-0.39, 0.29) is 17.6 Å². The second kappa shape index (κ2) is 8.77. The van der Waals surface area contributed by atoms with E-state index in [1.165, 1.54) is 0 Å². The Bertz CT molecular complexity index is 493. The third kappa shape index (κ3) is 7.37. The van der Waals surface area contributed by atoms with Gasteiger partial charge < -0.3 is 20.5 Å². The number of aliphatic hydroxyl groups is 1. The van der Waals surface area contributed by atoms with Gasteiger partial charge >= 0.3 is 6.03 Å². The number of ether oxygens (including phenoxy) is 1. The highest BCUT2D eigenvalue weighted by atomic mass is 16.5. The number of nitrogens with one attached hydrogen (secondary N) is 2. The lowest BCUT2D eigenvalue weighted by Crippen LogP contribution is -2.42. The third-order valence-electron chi connectivity index (χ3n) is 3.62. The molecule has 0 aliphatic rings. The maximum absolute atomic E-state index is 11.8. The summed E-state index contributed by atoms with van der Waals surface area (Å²) in [6.45, 7) is 11.2. The van der Waals surface area contributed by atoms with E-state index in [0.717, 1.165) is 16.9 Å². The molecule has 0 aliphatic carbocycles. The van der Waals surface area contributed by atoms with Gasteiger partial charge in [-0.15, -0.1) is 0 Å². The summed E-state index contributed by atoms with van der Waals surface area (Å²) in [6, 6.07) is 5.80. The predicted molar refractivity (Wildman–Crippen MR) is 92.9 cm³/mol. The van der Waals surface area contributed by atoms with E-state index in [1.807, 2.05) is 45.9 Å². The smallest absolute Gasteiger partial charge is 0.314 e. The van der Waals surface area contributed by atoms with E-state index >= 15 is 0 Å². The van der Waals surface area contributed by atoms with Crippen molar-refractivity contribution in [2.75, 3.05) is 19.7 Å². The number of hydrogen-bond donors (Lipinski definition) is 3. The summed E-state index contributed by atoms with van der Waals surface area (Å²) in [6.07, 6.45) is 0.267. The van der Waals surface area contributed by atoms with Crippen LogP contribution >= 0.6 is 0 Å². The van der Waals surface area contributed by atoms with Crippen LogP contribution in [0.1, 0.15) is 38.3 Å². The van der Waals surface area contributed by atoms with Crippen molar-refractivity contribution < 1.29 is 14.6 Å². The maximum atomic E-state index is 11.8. The van der Waals surface area contributed by atoms with Crippen LogP contribution in [-0.4, -0.2) is 36.9 Å². The molecule has 5 nitrogen and oxygen atoms in total. The zero-order valence-electron chi connectivity index (χ0n) is 14.9. The predicted octanol–water partition coefficient (Wildman–Crippen LogP) is 2.78. The molecule has 0 bridgehead atoms. The molecule has 0 fully saturated rings. The summed E-state index contributed by atoms with van der Waals surface area (Å²) in [7, 11) is 0. The van der Waals surface area contributed by atoms with E-state index in [9.17, 15) is 9.90 Å². The molecule has 5 heteroatoms. The quantitative estimate of drug-likeness (QED) is 0.645. The first-order valence-electron chi connectivity index (χ1n) is 8.10. The van der Waals surface area contributed by atoms with E-state index < -0.39 is 0 Å². The number of hydrogen-bond acceptors (Lipinski definition) is 3. The average Bonchev–Trinajstić information content (AvgIpc) is 2.42. The number of rotatable bonds is 8. The van der Waals surface area contributed by atoms with Gasteiger partial charge in [-0.2, -0.15) is 0 Å². The summed E-state index contributed by atoms with van der Waals surface area (Å²) in [5.41, 5.74) is 2.05. The molecule has 2 amide bonds. The molecule has 0 saturated heterocycles. The van der Waals surface area contributed by atoms with Gasteiger partial charge in [0.1, 0.15) is 12.4 Å². The van der Waals surface area contributed by atoms with Gasteiger partial charge in [0, 0.05) is 6.54 Å². The van der Waals surface area contributed by atoms with Crippen LogP contribution in [0.25, 0.3) is 0 Å². The van der Waals surface area contributed by atoms with Crippen molar-refractivity contribution in [3.63, 3.8) is 0 Å². The first-order valence-corrected chi connectivity index (χ1v) is 8.10. The van der Waals surface area contributed by atoms with Crippen molar-refractivity contribution in [2.24, 2.45) is 5.41 Å². The maximum Gasteiger partial charge on any atom is 0.314 e. The van der Waals surface area contributed by atoms with Gasteiger partial charge in [-0.25, -0.2) is 4.79 Å². The molecule has 0 spiro atoms. The lowest BCUT2D eigenvalue weighted by molar-refractivity contribution is 0.128.